The number of carbonyl (C=O) groups excluding carboxylic acids is 2. The van der Waals surface area contributed by atoms with Gasteiger partial charge in [0.2, 0.25) is 0 Å². The lowest BCUT2D eigenvalue weighted by Gasteiger charge is -2.11. The summed E-state index contributed by atoms with van der Waals surface area (Å²) in [5.74, 6) is 0.0951. The van der Waals surface area contributed by atoms with Crippen molar-refractivity contribution < 1.29 is 9.59 Å². The summed E-state index contributed by atoms with van der Waals surface area (Å²) in [5.41, 5.74) is 2.13. The molecule has 2 rings (SSSR count). The number of Topliss-reactive ketones (excluding diaryl/α,β-unsaturated/α-hetero) is 1. The summed E-state index contributed by atoms with van der Waals surface area (Å²) < 4.78 is 0. The third-order valence-corrected chi connectivity index (χ3v) is 3.07. The van der Waals surface area contributed by atoms with E-state index < -0.39 is 0 Å². The van der Waals surface area contributed by atoms with Crippen LogP contribution in [0.15, 0.2) is 65.9 Å². The predicted molar refractivity (Wildman–Crippen MR) is 83.8 cm³/mol. The summed E-state index contributed by atoms with van der Waals surface area (Å²) in [6.45, 7) is 1.83. The Morgan fingerprint density at radius 2 is 1.76 bits per heavy atom. The van der Waals surface area contributed by atoms with Crippen molar-refractivity contribution in [3.8, 4) is 0 Å². The normalized spacial score (nSPS) is 13.8. The Kier molecular flexibility index (Phi) is 5.10. The van der Waals surface area contributed by atoms with Gasteiger partial charge in [0.05, 0.1) is 0 Å². The summed E-state index contributed by atoms with van der Waals surface area (Å²) in [6, 6.07) is 8.90. The monoisotopic (exact) mass is 282 g/mol. The zero-order valence-electron chi connectivity index (χ0n) is 11.9. The SMILES string of the molecule is CCC(=O)C1=CC=CC=C(NC(=O)Nc2ccccc2)C1. The molecule has 1 aromatic carbocycles. The molecule has 21 heavy (non-hydrogen) atoms. The molecule has 0 aromatic heterocycles. The van der Waals surface area contributed by atoms with E-state index in [1.807, 2.05) is 49.4 Å². The molecule has 0 saturated carbocycles. The van der Waals surface area contributed by atoms with Gasteiger partial charge in [-0.15, -0.1) is 0 Å². The van der Waals surface area contributed by atoms with E-state index >= 15 is 0 Å². The minimum absolute atomic E-state index is 0.0951. The van der Waals surface area contributed by atoms with E-state index in [9.17, 15) is 9.59 Å². The number of amides is 2. The Morgan fingerprint density at radius 3 is 2.48 bits per heavy atom. The number of benzene rings is 1. The molecule has 1 aliphatic carbocycles. The number of nitrogens with one attached hydrogen (secondary N) is 2. The van der Waals surface area contributed by atoms with Gasteiger partial charge in [0.25, 0.3) is 0 Å². The van der Waals surface area contributed by atoms with Crippen molar-refractivity contribution in [3.63, 3.8) is 0 Å². The van der Waals surface area contributed by atoms with Crippen LogP contribution in [0, 0.1) is 0 Å². The lowest BCUT2D eigenvalue weighted by molar-refractivity contribution is -0.115. The van der Waals surface area contributed by atoms with E-state index in [1.165, 1.54) is 0 Å². The Bertz CT molecular complexity index is 613. The number of hydrogen-bond donors (Lipinski definition) is 2. The van der Waals surface area contributed by atoms with Crippen LogP contribution in [0.2, 0.25) is 0 Å². The second-order valence-corrected chi connectivity index (χ2v) is 4.67. The van der Waals surface area contributed by atoms with Crippen molar-refractivity contribution in [2.24, 2.45) is 0 Å². The number of urea groups is 1. The van der Waals surface area contributed by atoms with E-state index in [2.05, 4.69) is 10.6 Å². The van der Waals surface area contributed by atoms with Crippen LogP contribution in [0.5, 0.6) is 0 Å². The van der Waals surface area contributed by atoms with Crippen LogP contribution < -0.4 is 10.6 Å². The molecule has 4 heteroatoms. The molecule has 2 N–H and O–H groups in total. The smallest absolute Gasteiger partial charge is 0.311 e. The third-order valence-electron chi connectivity index (χ3n) is 3.07. The molecule has 4 nitrogen and oxygen atoms in total. The molecule has 0 spiro atoms. The van der Waals surface area contributed by atoms with Gasteiger partial charge in [0.1, 0.15) is 0 Å². The average molecular weight is 282 g/mol. The molecule has 0 fully saturated rings. The molecule has 0 heterocycles. The van der Waals surface area contributed by atoms with Gasteiger partial charge in [-0.3, -0.25) is 4.79 Å². The van der Waals surface area contributed by atoms with Crippen molar-refractivity contribution in [1.29, 1.82) is 0 Å². The molecule has 0 saturated heterocycles. The first-order valence-electron chi connectivity index (χ1n) is 6.91. The number of ketones is 1. The number of allylic oxidation sites excluding steroid dienone is 5. The number of hydrogen-bond acceptors (Lipinski definition) is 2. The highest BCUT2D eigenvalue weighted by Gasteiger charge is 2.12. The van der Waals surface area contributed by atoms with E-state index in [-0.39, 0.29) is 11.8 Å². The predicted octanol–water partition coefficient (Wildman–Crippen LogP) is 3.56. The Labute approximate surface area is 124 Å². The summed E-state index contributed by atoms with van der Waals surface area (Å²) in [7, 11) is 0. The summed E-state index contributed by atoms with van der Waals surface area (Å²) in [6.07, 6.45) is 8.12. The summed E-state index contributed by atoms with van der Waals surface area (Å²) >= 11 is 0. The number of rotatable bonds is 4. The highest BCUT2D eigenvalue weighted by atomic mass is 16.2. The fourth-order valence-electron chi connectivity index (χ4n) is 2.00. The van der Waals surface area contributed by atoms with Crippen LogP contribution in [0.4, 0.5) is 10.5 Å². The standard InChI is InChI=1S/C17H18N2O2/c1-2-16(20)13-8-6-7-11-15(12-13)19-17(21)18-14-9-4-3-5-10-14/h3-11H,2,12H2,1H3,(H2,18,19,21). The molecule has 108 valence electrons. The molecule has 1 aromatic rings. The number of carbonyl (C=O) groups is 2. The highest BCUT2D eigenvalue weighted by Crippen LogP contribution is 2.15. The topological polar surface area (TPSA) is 58.2 Å². The van der Waals surface area contributed by atoms with Crippen LogP contribution in [-0.4, -0.2) is 11.8 Å². The summed E-state index contributed by atoms with van der Waals surface area (Å²) in [5, 5.41) is 5.53. The molecular weight excluding hydrogens is 264 g/mol. The van der Waals surface area contributed by atoms with Crippen LogP contribution >= 0.6 is 0 Å². The molecule has 0 atom stereocenters. The van der Waals surface area contributed by atoms with Gasteiger partial charge in [0.15, 0.2) is 5.78 Å². The van der Waals surface area contributed by atoms with E-state index in [0.29, 0.717) is 24.1 Å². The van der Waals surface area contributed by atoms with Gasteiger partial charge in [-0.25, -0.2) is 4.79 Å². The van der Waals surface area contributed by atoms with Crippen molar-refractivity contribution in [1.82, 2.24) is 5.32 Å². The van der Waals surface area contributed by atoms with Gasteiger partial charge in [-0.05, 0) is 18.2 Å². The van der Waals surface area contributed by atoms with Gasteiger partial charge >= 0.3 is 6.03 Å². The molecule has 2 amide bonds. The first kappa shape index (κ1) is 14.8. The molecule has 1 aliphatic rings. The maximum Gasteiger partial charge on any atom is 0.323 e. The molecular formula is C17H18N2O2. The van der Waals surface area contributed by atoms with E-state index in [1.54, 1.807) is 12.2 Å². The fourth-order valence-corrected chi connectivity index (χ4v) is 2.00. The van der Waals surface area contributed by atoms with E-state index in [0.717, 1.165) is 5.69 Å². The van der Waals surface area contributed by atoms with Crippen molar-refractivity contribution >= 4 is 17.5 Å². The van der Waals surface area contributed by atoms with E-state index in [4.69, 9.17) is 0 Å². The zero-order chi connectivity index (χ0) is 15.1. The first-order valence-corrected chi connectivity index (χ1v) is 6.91. The quantitative estimate of drug-likeness (QED) is 0.887. The minimum atomic E-state index is -0.314. The average Bonchev–Trinajstić information content (AvgIpc) is 2.73. The first-order chi connectivity index (χ1) is 10.2. The maximum atomic E-state index is 11.9. The summed E-state index contributed by atoms with van der Waals surface area (Å²) in [4.78, 5) is 23.7. The van der Waals surface area contributed by atoms with Gasteiger partial charge in [0, 0.05) is 29.8 Å². The van der Waals surface area contributed by atoms with Crippen molar-refractivity contribution in [3.05, 3.63) is 65.9 Å². The lowest BCUT2D eigenvalue weighted by atomic mass is 10.0. The highest BCUT2D eigenvalue weighted by molar-refractivity contribution is 5.96. The molecule has 0 unspecified atom stereocenters. The molecule has 0 radical (unpaired) electrons. The number of para-hydroxylation sites is 1. The van der Waals surface area contributed by atoms with Crippen LogP contribution in [0.1, 0.15) is 19.8 Å². The van der Waals surface area contributed by atoms with Gasteiger partial charge in [-0.1, -0.05) is 43.4 Å². The second-order valence-electron chi connectivity index (χ2n) is 4.67. The van der Waals surface area contributed by atoms with Crippen LogP contribution in [0.25, 0.3) is 0 Å². The molecule has 0 bridgehead atoms. The minimum Gasteiger partial charge on any atom is -0.311 e. The zero-order valence-corrected chi connectivity index (χ0v) is 11.9. The van der Waals surface area contributed by atoms with Gasteiger partial charge < -0.3 is 10.6 Å². The Hall–Kier alpha value is -2.62. The number of anilines is 1. The Morgan fingerprint density at radius 1 is 1.05 bits per heavy atom. The molecule has 0 aliphatic heterocycles. The van der Waals surface area contributed by atoms with Crippen molar-refractivity contribution in [2.75, 3.05) is 5.32 Å². The maximum absolute atomic E-state index is 11.9. The van der Waals surface area contributed by atoms with Crippen LogP contribution in [0.3, 0.4) is 0 Å². The largest absolute Gasteiger partial charge is 0.323 e. The third kappa shape index (κ3) is 4.45. The fraction of sp³-hybridized carbons (Fsp3) is 0.176. The Balaban J connectivity index is 1.98. The van der Waals surface area contributed by atoms with Crippen molar-refractivity contribution in [2.45, 2.75) is 19.8 Å². The second kappa shape index (κ2) is 7.24. The van der Waals surface area contributed by atoms with Crippen LogP contribution in [-0.2, 0) is 4.79 Å². The lowest BCUT2D eigenvalue weighted by Crippen LogP contribution is -2.28. The van der Waals surface area contributed by atoms with Gasteiger partial charge in [-0.2, -0.15) is 0 Å².